The highest BCUT2D eigenvalue weighted by atomic mass is 19.1. The van der Waals surface area contributed by atoms with Crippen molar-refractivity contribution in [1.29, 1.82) is 0 Å². The number of rotatable bonds is 7. The molecule has 0 saturated carbocycles. The van der Waals surface area contributed by atoms with E-state index in [0.717, 1.165) is 24.2 Å². The minimum absolute atomic E-state index is 0.0187. The van der Waals surface area contributed by atoms with E-state index >= 15 is 0 Å². The molecule has 2 heterocycles. The third-order valence-corrected chi connectivity index (χ3v) is 4.73. The van der Waals surface area contributed by atoms with Gasteiger partial charge in [-0.2, -0.15) is 0 Å². The van der Waals surface area contributed by atoms with Crippen molar-refractivity contribution in [1.82, 2.24) is 15.3 Å². The molecular formula is C21H28FN5O. The van der Waals surface area contributed by atoms with Gasteiger partial charge in [0.25, 0.3) is 0 Å². The molecule has 1 aliphatic rings. The Hall–Kier alpha value is -2.70. The predicted octanol–water partition coefficient (Wildman–Crippen LogP) is 3.01. The van der Waals surface area contributed by atoms with Crippen LogP contribution in [0.4, 0.5) is 15.9 Å². The van der Waals surface area contributed by atoms with Crippen LogP contribution in [0.3, 0.4) is 0 Å². The minimum atomic E-state index is -0.392. The summed E-state index contributed by atoms with van der Waals surface area (Å²) < 4.78 is 13.4. The van der Waals surface area contributed by atoms with Gasteiger partial charge in [0.2, 0.25) is 5.91 Å². The summed E-state index contributed by atoms with van der Waals surface area (Å²) in [7, 11) is 0. The van der Waals surface area contributed by atoms with Gasteiger partial charge in [-0.15, -0.1) is 0 Å². The van der Waals surface area contributed by atoms with Gasteiger partial charge in [0.1, 0.15) is 17.7 Å². The molecule has 2 aromatic rings. The van der Waals surface area contributed by atoms with Gasteiger partial charge in [-0.05, 0) is 42.0 Å². The Labute approximate surface area is 165 Å². The second-order valence-corrected chi connectivity index (χ2v) is 8.35. The zero-order valence-electron chi connectivity index (χ0n) is 16.7. The maximum absolute atomic E-state index is 13.4. The Morgan fingerprint density at radius 3 is 2.86 bits per heavy atom. The van der Waals surface area contributed by atoms with E-state index in [0.29, 0.717) is 25.3 Å². The maximum Gasteiger partial charge on any atom is 0.242 e. The molecule has 1 aromatic carbocycles. The Kier molecular flexibility index (Phi) is 6.11. The van der Waals surface area contributed by atoms with Gasteiger partial charge < -0.3 is 15.5 Å². The molecule has 0 saturated heterocycles. The molecule has 7 heteroatoms. The second-order valence-electron chi connectivity index (χ2n) is 8.35. The average molecular weight is 385 g/mol. The van der Waals surface area contributed by atoms with Crippen molar-refractivity contribution in [3.8, 4) is 0 Å². The standard InChI is InChI=1S/C21H28FN5O/c1-21(2,3)13-17(26-19-14-23-7-8-24-19)20(28)25-9-11-27-10-6-15-12-16(22)4-5-18(15)27/h4-5,7-8,12,14,17H,6,9-11,13H2,1-3H3,(H,24,26)(H,25,28)/t17-/m0/s1. The molecule has 150 valence electrons. The van der Waals surface area contributed by atoms with Gasteiger partial charge in [-0.25, -0.2) is 9.37 Å². The van der Waals surface area contributed by atoms with E-state index in [9.17, 15) is 9.18 Å². The van der Waals surface area contributed by atoms with Crippen LogP contribution in [-0.4, -0.2) is 41.6 Å². The lowest BCUT2D eigenvalue weighted by Gasteiger charge is -2.27. The normalized spacial score (nSPS) is 14.5. The molecule has 0 fully saturated rings. The lowest BCUT2D eigenvalue weighted by Crippen LogP contribution is -2.44. The first-order valence-electron chi connectivity index (χ1n) is 9.65. The fourth-order valence-electron chi connectivity index (χ4n) is 3.48. The molecule has 1 aromatic heterocycles. The molecule has 3 rings (SSSR count). The van der Waals surface area contributed by atoms with Gasteiger partial charge in [0, 0.05) is 37.7 Å². The van der Waals surface area contributed by atoms with Crippen molar-refractivity contribution in [3.63, 3.8) is 0 Å². The molecule has 0 unspecified atom stereocenters. The van der Waals surface area contributed by atoms with Crippen molar-refractivity contribution >= 4 is 17.4 Å². The predicted molar refractivity (Wildman–Crippen MR) is 109 cm³/mol. The lowest BCUT2D eigenvalue weighted by atomic mass is 9.87. The highest BCUT2D eigenvalue weighted by molar-refractivity contribution is 5.84. The number of benzene rings is 1. The maximum atomic E-state index is 13.4. The second kappa shape index (κ2) is 8.54. The Morgan fingerprint density at radius 1 is 1.32 bits per heavy atom. The monoisotopic (exact) mass is 385 g/mol. The van der Waals surface area contributed by atoms with Crippen LogP contribution in [0.5, 0.6) is 0 Å². The molecule has 1 atom stereocenters. The summed E-state index contributed by atoms with van der Waals surface area (Å²) in [6.45, 7) is 8.37. The largest absolute Gasteiger partial charge is 0.369 e. The fourth-order valence-corrected chi connectivity index (χ4v) is 3.48. The van der Waals surface area contributed by atoms with Crippen LogP contribution in [-0.2, 0) is 11.2 Å². The summed E-state index contributed by atoms with van der Waals surface area (Å²) in [5, 5.41) is 6.22. The quantitative estimate of drug-likeness (QED) is 0.767. The first-order chi connectivity index (χ1) is 13.3. The van der Waals surface area contributed by atoms with E-state index in [4.69, 9.17) is 0 Å². The summed E-state index contributed by atoms with van der Waals surface area (Å²) in [5.41, 5.74) is 2.07. The molecule has 1 aliphatic heterocycles. The van der Waals surface area contributed by atoms with Crippen molar-refractivity contribution in [2.45, 2.75) is 39.7 Å². The lowest BCUT2D eigenvalue weighted by molar-refractivity contribution is -0.122. The Balaban J connectivity index is 1.56. The van der Waals surface area contributed by atoms with Crippen LogP contribution in [0.25, 0.3) is 0 Å². The fraction of sp³-hybridized carbons (Fsp3) is 0.476. The van der Waals surface area contributed by atoms with Crippen molar-refractivity contribution < 1.29 is 9.18 Å². The summed E-state index contributed by atoms with van der Waals surface area (Å²) in [6.07, 6.45) is 6.32. The summed E-state index contributed by atoms with van der Waals surface area (Å²) in [6, 6.07) is 4.51. The van der Waals surface area contributed by atoms with E-state index in [1.807, 2.05) is 6.07 Å². The number of carbonyl (C=O) groups is 1. The van der Waals surface area contributed by atoms with E-state index in [1.54, 1.807) is 24.7 Å². The van der Waals surface area contributed by atoms with Crippen molar-refractivity contribution in [3.05, 3.63) is 48.2 Å². The van der Waals surface area contributed by atoms with Crippen molar-refractivity contribution in [2.75, 3.05) is 29.9 Å². The van der Waals surface area contributed by atoms with Crippen LogP contribution in [0.15, 0.2) is 36.8 Å². The molecule has 28 heavy (non-hydrogen) atoms. The number of hydrogen-bond donors (Lipinski definition) is 2. The van der Waals surface area contributed by atoms with E-state index in [2.05, 4.69) is 46.3 Å². The van der Waals surface area contributed by atoms with Crippen LogP contribution >= 0.6 is 0 Å². The summed E-state index contributed by atoms with van der Waals surface area (Å²) in [5.74, 6) is 0.329. The van der Waals surface area contributed by atoms with Gasteiger partial charge in [0.15, 0.2) is 0 Å². The number of anilines is 2. The third kappa shape index (κ3) is 5.41. The molecule has 2 N–H and O–H groups in total. The Morgan fingerprint density at radius 2 is 2.14 bits per heavy atom. The van der Waals surface area contributed by atoms with E-state index in [1.165, 1.54) is 6.07 Å². The highest BCUT2D eigenvalue weighted by Gasteiger charge is 2.26. The third-order valence-electron chi connectivity index (χ3n) is 4.73. The van der Waals surface area contributed by atoms with Gasteiger partial charge >= 0.3 is 0 Å². The average Bonchev–Trinajstić information content (AvgIpc) is 3.03. The number of halogens is 1. The smallest absolute Gasteiger partial charge is 0.242 e. The number of fused-ring (bicyclic) bond motifs is 1. The number of nitrogens with one attached hydrogen (secondary N) is 2. The van der Waals surface area contributed by atoms with Crippen molar-refractivity contribution in [2.24, 2.45) is 5.41 Å². The zero-order chi connectivity index (χ0) is 20.1. The van der Waals surface area contributed by atoms with Crippen LogP contribution < -0.4 is 15.5 Å². The van der Waals surface area contributed by atoms with Crippen LogP contribution in [0, 0.1) is 11.2 Å². The number of carbonyl (C=O) groups excluding carboxylic acids is 1. The SMILES string of the molecule is CC(C)(C)C[C@H](Nc1cnccn1)C(=O)NCCN1CCc2cc(F)ccc21. The number of hydrogen-bond acceptors (Lipinski definition) is 5. The molecule has 1 amide bonds. The first-order valence-corrected chi connectivity index (χ1v) is 9.65. The van der Waals surface area contributed by atoms with E-state index < -0.39 is 6.04 Å². The number of aromatic nitrogens is 2. The van der Waals surface area contributed by atoms with Gasteiger partial charge in [-0.1, -0.05) is 20.8 Å². The highest BCUT2D eigenvalue weighted by Crippen LogP contribution is 2.28. The zero-order valence-corrected chi connectivity index (χ0v) is 16.7. The Bertz CT molecular complexity index is 806. The molecule has 0 radical (unpaired) electrons. The molecule has 0 spiro atoms. The molecule has 0 bridgehead atoms. The van der Waals surface area contributed by atoms with Gasteiger partial charge in [-0.3, -0.25) is 9.78 Å². The van der Waals surface area contributed by atoms with E-state index in [-0.39, 0.29) is 17.1 Å². The molecular weight excluding hydrogens is 357 g/mol. The molecule has 6 nitrogen and oxygen atoms in total. The minimum Gasteiger partial charge on any atom is -0.369 e. The summed E-state index contributed by atoms with van der Waals surface area (Å²) >= 11 is 0. The van der Waals surface area contributed by atoms with Gasteiger partial charge in [0.05, 0.1) is 6.20 Å². The molecule has 0 aliphatic carbocycles. The topological polar surface area (TPSA) is 70.1 Å². The number of nitrogens with zero attached hydrogens (tertiary/aromatic N) is 3. The van der Waals surface area contributed by atoms with Crippen LogP contribution in [0.2, 0.25) is 0 Å². The van der Waals surface area contributed by atoms with Crippen LogP contribution in [0.1, 0.15) is 32.8 Å². The summed E-state index contributed by atoms with van der Waals surface area (Å²) in [4.78, 5) is 23.2. The first kappa shape index (κ1) is 20.0. The number of amides is 1.